The first kappa shape index (κ1) is 14.4. The van der Waals surface area contributed by atoms with Gasteiger partial charge in [0, 0.05) is 18.0 Å². The predicted molar refractivity (Wildman–Crippen MR) is 86.6 cm³/mol. The standard InChI is InChI=1S/C19H25NO2/c1-19(13-22-14-19)9-16-7-17-11-21-12-18(8-16)20(17)10-15-5-3-2-4-6-15/h2-7,17-18H,8-14H2,1H3. The summed E-state index contributed by atoms with van der Waals surface area (Å²) in [6.07, 6.45) is 4.82. The Kier molecular flexibility index (Phi) is 3.81. The van der Waals surface area contributed by atoms with Crippen molar-refractivity contribution in [2.24, 2.45) is 5.41 Å². The molecular formula is C19H25NO2. The molecule has 2 bridgehead atoms. The molecule has 0 saturated carbocycles. The molecule has 0 spiro atoms. The van der Waals surface area contributed by atoms with Crippen molar-refractivity contribution in [1.82, 2.24) is 4.90 Å². The van der Waals surface area contributed by atoms with Gasteiger partial charge in [-0.25, -0.2) is 0 Å². The van der Waals surface area contributed by atoms with Gasteiger partial charge in [0.1, 0.15) is 0 Å². The Morgan fingerprint density at radius 1 is 1.14 bits per heavy atom. The van der Waals surface area contributed by atoms with Crippen molar-refractivity contribution >= 4 is 0 Å². The molecule has 3 aliphatic rings. The van der Waals surface area contributed by atoms with Crippen LogP contribution in [0, 0.1) is 5.41 Å². The monoisotopic (exact) mass is 299 g/mol. The van der Waals surface area contributed by atoms with Crippen LogP contribution in [0.2, 0.25) is 0 Å². The van der Waals surface area contributed by atoms with Gasteiger partial charge in [-0.05, 0) is 18.4 Å². The highest BCUT2D eigenvalue weighted by Crippen LogP contribution is 2.38. The van der Waals surface area contributed by atoms with E-state index in [2.05, 4.69) is 48.2 Å². The Morgan fingerprint density at radius 2 is 1.95 bits per heavy atom. The molecule has 2 unspecified atom stereocenters. The van der Waals surface area contributed by atoms with E-state index in [0.717, 1.165) is 39.4 Å². The molecule has 0 radical (unpaired) electrons. The molecule has 2 atom stereocenters. The second-order valence-corrected chi connectivity index (χ2v) is 7.43. The highest BCUT2D eigenvalue weighted by Gasteiger charge is 2.39. The maximum Gasteiger partial charge on any atom is 0.0658 e. The molecular weight excluding hydrogens is 274 g/mol. The van der Waals surface area contributed by atoms with Crippen molar-refractivity contribution in [2.45, 2.75) is 38.4 Å². The second-order valence-electron chi connectivity index (χ2n) is 7.43. The lowest BCUT2D eigenvalue weighted by molar-refractivity contribution is -0.103. The fraction of sp³-hybridized carbons (Fsp3) is 0.579. The van der Waals surface area contributed by atoms with Crippen LogP contribution >= 0.6 is 0 Å². The zero-order valence-corrected chi connectivity index (χ0v) is 13.3. The minimum atomic E-state index is 0.378. The summed E-state index contributed by atoms with van der Waals surface area (Å²) < 4.78 is 11.2. The van der Waals surface area contributed by atoms with E-state index in [9.17, 15) is 0 Å². The van der Waals surface area contributed by atoms with Crippen LogP contribution in [-0.2, 0) is 16.0 Å². The SMILES string of the molecule is CC1(CC2=CC3COCC(C2)N3Cc2ccccc2)COC1. The molecule has 0 aliphatic carbocycles. The molecule has 0 amide bonds. The summed E-state index contributed by atoms with van der Waals surface area (Å²) in [5.74, 6) is 0. The summed E-state index contributed by atoms with van der Waals surface area (Å²) in [5.41, 5.74) is 3.40. The minimum Gasteiger partial charge on any atom is -0.380 e. The number of rotatable bonds is 4. The van der Waals surface area contributed by atoms with Crippen LogP contribution in [-0.4, -0.2) is 43.4 Å². The van der Waals surface area contributed by atoms with E-state index < -0.39 is 0 Å². The zero-order valence-electron chi connectivity index (χ0n) is 13.3. The molecule has 3 heterocycles. The van der Waals surface area contributed by atoms with Crippen molar-refractivity contribution in [3.63, 3.8) is 0 Å². The third kappa shape index (κ3) is 2.85. The van der Waals surface area contributed by atoms with E-state index in [1.807, 2.05) is 0 Å². The van der Waals surface area contributed by atoms with Gasteiger partial charge in [0.05, 0.1) is 32.5 Å². The molecule has 3 heteroatoms. The first-order chi connectivity index (χ1) is 10.7. The van der Waals surface area contributed by atoms with Gasteiger partial charge in [-0.15, -0.1) is 0 Å². The highest BCUT2D eigenvalue weighted by molar-refractivity contribution is 5.21. The summed E-state index contributed by atoms with van der Waals surface area (Å²) in [6.45, 7) is 6.92. The van der Waals surface area contributed by atoms with Crippen molar-refractivity contribution in [1.29, 1.82) is 0 Å². The third-order valence-corrected chi connectivity index (χ3v) is 5.18. The highest BCUT2D eigenvalue weighted by atomic mass is 16.5. The second kappa shape index (κ2) is 5.80. The number of hydrogen-bond donors (Lipinski definition) is 0. The average molecular weight is 299 g/mol. The molecule has 0 aromatic heterocycles. The van der Waals surface area contributed by atoms with E-state index in [-0.39, 0.29) is 0 Å². The van der Waals surface area contributed by atoms with Crippen molar-refractivity contribution < 1.29 is 9.47 Å². The maximum absolute atomic E-state index is 5.81. The van der Waals surface area contributed by atoms with Crippen LogP contribution in [0.5, 0.6) is 0 Å². The Morgan fingerprint density at radius 3 is 2.64 bits per heavy atom. The lowest BCUT2D eigenvalue weighted by atomic mass is 9.78. The number of nitrogens with zero attached hydrogens (tertiary/aromatic N) is 1. The normalized spacial score (nSPS) is 30.5. The van der Waals surface area contributed by atoms with Gasteiger partial charge in [-0.3, -0.25) is 4.90 Å². The van der Waals surface area contributed by atoms with Crippen LogP contribution < -0.4 is 0 Å². The van der Waals surface area contributed by atoms with Crippen LogP contribution in [0.15, 0.2) is 42.0 Å². The lowest BCUT2D eigenvalue weighted by Gasteiger charge is -2.47. The zero-order chi connectivity index (χ0) is 15.0. The van der Waals surface area contributed by atoms with Crippen LogP contribution in [0.3, 0.4) is 0 Å². The largest absolute Gasteiger partial charge is 0.380 e. The van der Waals surface area contributed by atoms with Crippen LogP contribution in [0.25, 0.3) is 0 Å². The number of morpholine rings is 1. The number of fused-ring (bicyclic) bond motifs is 2. The molecule has 4 rings (SSSR count). The molecule has 0 N–H and O–H groups in total. The Bertz CT molecular complexity index is 550. The Hall–Kier alpha value is -1.16. The lowest BCUT2D eigenvalue weighted by Crippen LogP contribution is -2.53. The van der Waals surface area contributed by atoms with E-state index >= 15 is 0 Å². The number of hydrogen-bond acceptors (Lipinski definition) is 3. The van der Waals surface area contributed by atoms with Gasteiger partial charge in [0.15, 0.2) is 0 Å². The number of benzene rings is 1. The predicted octanol–water partition coefficient (Wildman–Crippen LogP) is 3.01. The van der Waals surface area contributed by atoms with Crippen LogP contribution in [0.1, 0.15) is 25.3 Å². The summed E-state index contributed by atoms with van der Waals surface area (Å²) in [6, 6.07) is 11.8. The van der Waals surface area contributed by atoms with Crippen molar-refractivity contribution in [3.8, 4) is 0 Å². The molecule has 118 valence electrons. The van der Waals surface area contributed by atoms with E-state index in [1.54, 1.807) is 5.57 Å². The van der Waals surface area contributed by atoms with Gasteiger partial charge in [-0.1, -0.05) is 48.9 Å². The van der Waals surface area contributed by atoms with Gasteiger partial charge in [0.25, 0.3) is 0 Å². The first-order valence-corrected chi connectivity index (χ1v) is 8.37. The molecule has 1 aromatic rings. The molecule has 22 heavy (non-hydrogen) atoms. The summed E-state index contributed by atoms with van der Waals surface area (Å²) in [5, 5.41) is 0. The smallest absolute Gasteiger partial charge is 0.0658 e. The fourth-order valence-corrected chi connectivity index (χ4v) is 4.02. The van der Waals surface area contributed by atoms with E-state index in [4.69, 9.17) is 9.47 Å². The minimum absolute atomic E-state index is 0.378. The topological polar surface area (TPSA) is 21.7 Å². The Balaban J connectivity index is 1.49. The maximum atomic E-state index is 5.81. The molecule has 1 aromatic carbocycles. The summed E-state index contributed by atoms with van der Waals surface area (Å²) in [4.78, 5) is 2.63. The molecule has 2 fully saturated rings. The molecule has 3 aliphatic heterocycles. The van der Waals surface area contributed by atoms with Gasteiger partial charge < -0.3 is 9.47 Å². The number of ether oxygens (including phenoxy) is 2. The van der Waals surface area contributed by atoms with Gasteiger partial charge in [0.2, 0.25) is 0 Å². The third-order valence-electron chi connectivity index (χ3n) is 5.18. The summed E-state index contributed by atoms with van der Waals surface area (Å²) >= 11 is 0. The van der Waals surface area contributed by atoms with Crippen molar-refractivity contribution in [3.05, 3.63) is 47.5 Å². The van der Waals surface area contributed by atoms with E-state index in [1.165, 1.54) is 12.0 Å². The average Bonchev–Trinajstić information content (AvgIpc) is 2.47. The molecule has 3 nitrogen and oxygen atoms in total. The Labute approximate surface area is 132 Å². The fourth-order valence-electron chi connectivity index (χ4n) is 4.02. The van der Waals surface area contributed by atoms with Gasteiger partial charge in [-0.2, -0.15) is 0 Å². The van der Waals surface area contributed by atoms with Crippen LogP contribution in [0.4, 0.5) is 0 Å². The van der Waals surface area contributed by atoms with Gasteiger partial charge >= 0.3 is 0 Å². The quantitative estimate of drug-likeness (QED) is 0.798. The summed E-state index contributed by atoms with van der Waals surface area (Å²) in [7, 11) is 0. The molecule has 2 saturated heterocycles. The van der Waals surface area contributed by atoms with Crippen molar-refractivity contribution in [2.75, 3.05) is 26.4 Å². The first-order valence-electron chi connectivity index (χ1n) is 8.37. The van der Waals surface area contributed by atoms with E-state index in [0.29, 0.717) is 17.5 Å².